The molecule has 0 radical (unpaired) electrons. The zero-order valence-corrected chi connectivity index (χ0v) is 16.0. The van der Waals surface area contributed by atoms with Crippen LogP contribution in [-0.4, -0.2) is 26.1 Å². The summed E-state index contributed by atoms with van der Waals surface area (Å²) in [7, 11) is 0. The molecule has 5 heteroatoms. The van der Waals surface area contributed by atoms with Gasteiger partial charge < -0.3 is 14.8 Å². The molecular formula is C20H26N4S. The van der Waals surface area contributed by atoms with Crippen molar-refractivity contribution >= 4 is 17.3 Å². The summed E-state index contributed by atoms with van der Waals surface area (Å²) in [5, 5.41) is 4.39. The fourth-order valence-electron chi connectivity index (χ4n) is 4.22. The van der Waals surface area contributed by atoms with Gasteiger partial charge in [-0.1, -0.05) is 13.0 Å². The van der Waals surface area contributed by atoms with Gasteiger partial charge in [0.15, 0.2) is 5.11 Å². The zero-order chi connectivity index (χ0) is 17.6. The van der Waals surface area contributed by atoms with Crippen LogP contribution >= 0.6 is 12.2 Å². The lowest BCUT2D eigenvalue weighted by atomic mass is 9.96. The van der Waals surface area contributed by atoms with Crippen LogP contribution in [0.5, 0.6) is 0 Å². The van der Waals surface area contributed by atoms with Gasteiger partial charge in [0.2, 0.25) is 0 Å². The number of hydrogen-bond acceptors (Lipinski definition) is 2. The van der Waals surface area contributed by atoms with E-state index in [0.717, 1.165) is 23.8 Å². The van der Waals surface area contributed by atoms with Gasteiger partial charge in [-0.2, -0.15) is 0 Å². The Kier molecular flexibility index (Phi) is 4.28. The summed E-state index contributed by atoms with van der Waals surface area (Å²) in [6, 6.07) is 9.50. The van der Waals surface area contributed by atoms with E-state index in [2.05, 4.69) is 58.7 Å². The predicted molar refractivity (Wildman–Crippen MR) is 105 cm³/mol. The van der Waals surface area contributed by atoms with Crippen LogP contribution in [0.2, 0.25) is 0 Å². The molecule has 0 amide bonds. The molecule has 1 aliphatic heterocycles. The molecule has 2 fully saturated rings. The Morgan fingerprint density at radius 2 is 2.08 bits per heavy atom. The van der Waals surface area contributed by atoms with Gasteiger partial charge in [0.1, 0.15) is 0 Å². The first-order chi connectivity index (χ1) is 12.1. The van der Waals surface area contributed by atoms with E-state index in [4.69, 9.17) is 12.2 Å². The van der Waals surface area contributed by atoms with Crippen molar-refractivity contribution in [2.24, 2.45) is 0 Å². The first-order valence-corrected chi connectivity index (χ1v) is 9.69. The van der Waals surface area contributed by atoms with Gasteiger partial charge in [0, 0.05) is 30.2 Å². The average molecular weight is 355 g/mol. The Bertz CT molecular complexity index is 778. The lowest BCUT2D eigenvalue weighted by Crippen LogP contribution is -2.30. The Hall–Kier alpha value is -1.88. The lowest BCUT2D eigenvalue weighted by molar-refractivity contribution is 0.316. The molecule has 0 aromatic carbocycles. The number of thiocarbonyl (C=S) groups is 1. The van der Waals surface area contributed by atoms with Crippen molar-refractivity contribution in [2.75, 3.05) is 6.54 Å². The molecule has 1 saturated carbocycles. The van der Waals surface area contributed by atoms with Crippen molar-refractivity contribution in [1.29, 1.82) is 0 Å². The van der Waals surface area contributed by atoms with Crippen molar-refractivity contribution in [3.05, 3.63) is 53.1 Å². The fraction of sp³-hybridized carbons (Fsp3) is 0.500. The Labute approximate surface area is 155 Å². The summed E-state index contributed by atoms with van der Waals surface area (Å²) >= 11 is 5.69. The molecule has 2 aliphatic rings. The summed E-state index contributed by atoms with van der Waals surface area (Å²) < 4.78 is 2.52. The van der Waals surface area contributed by atoms with Crippen molar-refractivity contribution in [3.8, 4) is 0 Å². The van der Waals surface area contributed by atoms with Gasteiger partial charge >= 0.3 is 0 Å². The van der Waals surface area contributed by atoms with Gasteiger partial charge in [0.05, 0.1) is 17.8 Å². The molecular weight excluding hydrogens is 328 g/mol. The molecule has 0 spiro atoms. The van der Waals surface area contributed by atoms with Crippen molar-refractivity contribution in [1.82, 2.24) is 19.8 Å². The topological polar surface area (TPSA) is 33.1 Å². The molecule has 2 aromatic heterocycles. The molecule has 2 atom stereocenters. The molecule has 1 N–H and O–H groups in total. The van der Waals surface area contributed by atoms with Gasteiger partial charge in [-0.05, 0) is 69.1 Å². The Balaban J connectivity index is 1.79. The van der Waals surface area contributed by atoms with E-state index in [1.165, 1.54) is 29.8 Å². The molecule has 4 rings (SSSR count). The van der Waals surface area contributed by atoms with Gasteiger partial charge in [0.25, 0.3) is 0 Å². The predicted octanol–water partition coefficient (Wildman–Crippen LogP) is 4.22. The lowest BCUT2D eigenvalue weighted by Gasteiger charge is -2.27. The molecule has 0 bridgehead atoms. The third kappa shape index (κ3) is 2.84. The smallest absolute Gasteiger partial charge is 0.170 e. The number of aryl methyl sites for hydroxylation is 1. The minimum Gasteiger partial charge on any atom is -0.352 e. The summed E-state index contributed by atoms with van der Waals surface area (Å²) in [6.45, 7) is 7.67. The maximum atomic E-state index is 5.69. The second-order valence-electron chi connectivity index (χ2n) is 7.25. The zero-order valence-electron chi connectivity index (χ0n) is 15.2. The van der Waals surface area contributed by atoms with Gasteiger partial charge in [-0.15, -0.1) is 0 Å². The van der Waals surface area contributed by atoms with Crippen LogP contribution in [0, 0.1) is 13.8 Å². The molecule has 1 aliphatic carbocycles. The molecule has 1 saturated heterocycles. The van der Waals surface area contributed by atoms with Crippen LogP contribution in [0.1, 0.15) is 67.0 Å². The van der Waals surface area contributed by atoms with E-state index in [9.17, 15) is 0 Å². The van der Waals surface area contributed by atoms with E-state index in [-0.39, 0.29) is 12.1 Å². The summed E-state index contributed by atoms with van der Waals surface area (Å²) in [4.78, 5) is 6.97. The van der Waals surface area contributed by atoms with Crippen molar-refractivity contribution in [3.63, 3.8) is 0 Å². The highest BCUT2D eigenvalue weighted by Gasteiger charge is 2.41. The Morgan fingerprint density at radius 1 is 1.28 bits per heavy atom. The van der Waals surface area contributed by atoms with Gasteiger partial charge in [-0.3, -0.25) is 4.98 Å². The number of nitrogens with zero attached hydrogens (tertiary/aromatic N) is 3. The highest BCUT2D eigenvalue weighted by Crippen LogP contribution is 2.44. The second-order valence-corrected chi connectivity index (χ2v) is 7.63. The number of aromatic nitrogens is 2. The average Bonchev–Trinajstić information content (AvgIpc) is 3.33. The van der Waals surface area contributed by atoms with Crippen molar-refractivity contribution < 1.29 is 0 Å². The maximum Gasteiger partial charge on any atom is 0.170 e. The molecule has 3 heterocycles. The molecule has 132 valence electrons. The summed E-state index contributed by atoms with van der Waals surface area (Å²) in [5.41, 5.74) is 5.20. The Morgan fingerprint density at radius 3 is 2.72 bits per heavy atom. The van der Waals surface area contributed by atoms with E-state index in [0.29, 0.717) is 6.04 Å². The quantitative estimate of drug-likeness (QED) is 0.815. The molecule has 25 heavy (non-hydrogen) atoms. The van der Waals surface area contributed by atoms with Crippen LogP contribution in [-0.2, 0) is 0 Å². The largest absolute Gasteiger partial charge is 0.352 e. The molecule has 2 aromatic rings. The SMILES string of the molecule is CCCN1C(=S)N[C@H](c2ccccn2)[C@H]1c1cc(C)n(C2CC2)c1C. The third-order valence-corrected chi connectivity index (χ3v) is 5.77. The highest BCUT2D eigenvalue weighted by molar-refractivity contribution is 7.80. The first kappa shape index (κ1) is 16.6. The second kappa shape index (κ2) is 6.45. The van der Waals surface area contributed by atoms with E-state index in [1.807, 2.05) is 12.3 Å². The number of nitrogens with one attached hydrogen (secondary N) is 1. The van der Waals surface area contributed by atoms with Crippen LogP contribution in [0.15, 0.2) is 30.5 Å². The normalized spacial score (nSPS) is 23.2. The van der Waals surface area contributed by atoms with Crippen LogP contribution in [0.25, 0.3) is 0 Å². The standard InChI is InChI=1S/C20H26N4S/c1-4-11-23-19(16-12-13(2)24(14(16)3)15-8-9-15)18(22-20(23)25)17-7-5-6-10-21-17/h5-7,10,12,15,18-19H,4,8-9,11H2,1-3H3,(H,22,25)/t18-,19-/m1/s1. The van der Waals surface area contributed by atoms with Crippen molar-refractivity contribution in [2.45, 2.75) is 58.2 Å². The van der Waals surface area contributed by atoms with E-state index >= 15 is 0 Å². The van der Waals surface area contributed by atoms with E-state index in [1.54, 1.807) is 0 Å². The highest BCUT2D eigenvalue weighted by atomic mass is 32.1. The number of hydrogen-bond donors (Lipinski definition) is 1. The summed E-state index contributed by atoms with van der Waals surface area (Å²) in [5.74, 6) is 0. The third-order valence-electron chi connectivity index (χ3n) is 5.42. The maximum absolute atomic E-state index is 5.69. The number of pyridine rings is 1. The number of rotatable bonds is 5. The fourth-order valence-corrected chi connectivity index (χ4v) is 4.55. The van der Waals surface area contributed by atoms with Gasteiger partial charge in [-0.25, -0.2) is 0 Å². The molecule has 4 nitrogen and oxygen atoms in total. The van der Waals surface area contributed by atoms with E-state index < -0.39 is 0 Å². The summed E-state index contributed by atoms with van der Waals surface area (Å²) in [6.07, 6.45) is 5.56. The minimum absolute atomic E-state index is 0.105. The monoisotopic (exact) mass is 354 g/mol. The first-order valence-electron chi connectivity index (χ1n) is 9.28. The molecule has 0 unspecified atom stereocenters. The van der Waals surface area contributed by atoms with Crippen LogP contribution in [0.4, 0.5) is 0 Å². The van der Waals surface area contributed by atoms with Crippen LogP contribution < -0.4 is 5.32 Å². The minimum atomic E-state index is 0.105. The van der Waals surface area contributed by atoms with Crippen LogP contribution in [0.3, 0.4) is 0 Å².